The van der Waals surface area contributed by atoms with Crippen molar-refractivity contribution in [3.63, 3.8) is 0 Å². The second kappa shape index (κ2) is 6.55. The van der Waals surface area contributed by atoms with E-state index in [1.54, 1.807) is 0 Å². The maximum atomic E-state index is 12.0. The Balaban J connectivity index is 2.73. The van der Waals surface area contributed by atoms with E-state index in [0.717, 1.165) is 15.4 Å². The summed E-state index contributed by atoms with van der Waals surface area (Å²) in [5.74, 6) is 0.544. The average molecular weight is 363 g/mol. The standard InChI is InChI=1S/C13H17Br2NO/c1-8(2)6-9(3)16-13(17)11-7-10(14)4-5-12(11)15/h4-5,7-9H,6H2,1-3H3,(H,16,17). The van der Waals surface area contributed by atoms with E-state index in [2.05, 4.69) is 51.0 Å². The van der Waals surface area contributed by atoms with Gasteiger partial charge in [0.25, 0.3) is 5.91 Å². The lowest BCUT2D eigenvalue weighted by atomic mass is 10.0. The minimum Gasteiger partial charge on any atom is -0.350 e. The molecule has 0 spiro atoms. The van der Waals surface area contributed by atoms with Gasteiger partial charge in [0.15, 0.2) is 0 Å². The molecule has 1 amide bonds. The van der Waals surface area contributed by atoms with Crippen molar-refractivity contribution in [2.24, 2.45) is 5.92 Å². The van der Waals surface area contributed by atoms with Gasteiger partial charge < -0.3 is 5.32 Å². The predicted octanol–water partition coefficient (Wildman–Crippen LogP) is 4.38. The van der Waals surface area contributed by atoms with Crippen molar-refractivity contribution in [2.45, 2.75) is 33.2 Å². The van der Waals surface area contributed by atoms with Gasteiger partial charge >= 0.3 is 0 Å². The fourth-order valence-corrected chi connectivity index (χ4v) is 2.53. The third-order valence-electron chi connectivity index (χ3n) is 2.38. The van der Waals surface area contributed by atoms with Gasteiger partial charge in [-0.25, -0.2) is 0 Å². The van der Waals surface area contributed by atoms with Crippen LogP contribution in [0.1, 0.15) is 37.6 Å². The fraction of sp³-hybridized carbons (Fsp3) is 0.462. The molecule has 2 nitrogen and oxygen atoms in total. The summed E-state index contributed by atoms with van der Waals surface area (Å²) in [4.78, 5) is 12.0. The Bertz CT molecular complexity index is 404. The normalized spacial score (nSPS) is 12.6. The summed E-state index contributed by atoms with van der Waals surface area (Å²) in [6, 6.07) is 5.78. The van der Waals surface area contributed by atoms with E-state index >= 15 is 0 Å². The Morgan fingerprint density at radius 1 is 1.29 bits per heavy atom. The highest BCUT2D eigenvalue weighted by atomic mass is 79.9. The molecule has 1 atom stereocenters. The summed E-state index contributed by atoms with van der Waals surface area (Å²) in [7, 11) is 0. The second-order valence-corrected chi connectivity index (χ2v) is 6.40. The lowest BCUT2D eigenvalue weighted by Gasteiger charge is -2.16. The number of hydrogen-bond acceptors (Lipinski definition) is 1. The number of nitrogens with one attached hydrogen (secondary N) is 1. The molecule has 4 heteroatoms. The molecule has 0 aliphatic rings. The molecule has 94 valence electrons. The average Bonchev–Trinajstić information content (AvgIpc) is 2.20. The number of carbonyl (C=O) groups is 1. The number of hydrogen-bond donors (Lipinski definition) is 1. The molecule has 1 aromatic carbocycles. The molecule has 0 saturated heterocycles. The van der Waals surface area contributed by atoms with Gasteiger partial charge in [-0.05, 0) is 53.4 Å². The van der Waals surface area contributed by atoms with Crippen LogP contribution in [0.5, 0.6) is 0 Å². The second-order valence-electron chi connectivity index (χ2n) is 4.63. The van der Waals surface area contributed by atoms with Gasteiger partial charge in [0.2, 0.25) is 0 Å². The zero-order valence-corrected chi connectivity index (χ0v) is 13.4. The molecule has 0 aromatic heterocycles. The first kappa shape index (κ1) is 14.7. The van der Waals surface area contributed by atoms with Gasteiger partial charge in [0.1, 0.15) is 0 Å². The topological polar surface area (TPSA) is 29.1 Å². The predicted molar refractivity (Wildman–Crippen MR) is 78.2 cm³/mol. The SMILES string of the molecule is CC(C)CC(C)NC(=O)c1cc(Br)ccc1Br. The zero-order chi connectivity index (χ0) is 13.0. The Kier molecular flexibility index (Phi) is 5.67. The number of amides is 1. The third-order valence-corrected chi connectivity index (χ3v) is 3.56. The van der Waals surface area contributed by atoms with Crippen molar-refractivity contribution in [3.8, 4) is 0 Å². The van der Waals surface area contributed by atoms with Crippen LogP contribution in [0.3, 0.4) is 0 Å². The van der Waals surface area contributed by atoms with Crippen molar-refractivity contribution in [1.29, 1.82) is 0 Å². The molecule has 1 rings (SSSR count). The van der Waals surface area contributed by atoms with Crippen molar-refractivity contribution < 1.29 is 4.79 Å². The third kappa shape index (κ3) is 4.80. The maximum Gasteiger partial charge on any atom is 0.252 e. The molecule has 0 aliphatic carbocycles. The van der Waals surface area contributed by atoms with Crippen molar-refractivity contribution >= 4 is 37.8 Å². The largest absolute Gasteiger partial charge is 0.350 e. The zero-order valence-electron chi connectivity index (χ0n) is 10.3. The Morgan fingerprint density at radius 3 is 2.53 bits per heavy atom. The lowest BCUT2D eigenvalue weighted by Crippen LogP contribution is -2.33. The van der Waals surface area contributed by atoms with Crippen molar-refractivity contribution in [1.82, 2.24) is 5.32 Å². The minimum atomic E-state index is -0.0358. The van der Waals surface area contributed by atoms with Gasteiger partial charge in [-0.15, -0.1) is 0 Å². The highest BCUT2D eigenvalue weighted by Crippen LogP contribution is 2.21. The number of carbonyl (C=O) groups excluding carboxylic acids is 1. The molecule has 0 radical (unpaired) electrons. The van der Waals surface area contributed by atoms with E-state index in [9.17, 15) is 4.79 Å². The van der Waals surface area contributed by atoms with Crippen LogP contribution in [-0.2, 0) is 0 Å². The summed E-state index contributed by atoms with van der Waals surface area (Å²) in [6.45, 7) is 6.33. The first-order valence-corrected chi connectivity index (χ1v) is 7.24. The molecule has 0 fully saturated rings. The molecule has 0 saturated carbocycles. The van der Waals surface area contributed by atoms with E-state index in [4.69, 9.17) is 0 Å². The van der Waals surface area contributed by atoms with E-state index in [1.807, 2.05) is 25.1 Å². The van der Waals surface area contributed by atoms with Crippen LogP contribution in [0.15, 0.2) is 27.1 Å². The molecular weight excluding hydrogens is 346 g/mol. The van der Waals surface area contributed by atoms with Gasteiger partial charge in [0.05, 0.1) is 5.56 Å². The van der Waals surface area contributed by atoms with Gasteiger partial charge in [-0.1, -0.05) is 29.8 Å². The van der Waals surface area contributed by atoms with Crippen molar-refractivity contribution in [3.05, 3.63) is 32.7 Å². The van der Waals surface area contributed by atoms with Gasteiger partial charge in [-0.3, -0.25) is 4.79 Å². The highest BCUT2D eigenvalue weighted by Gasteiger charge is 2.13. The smallest absolute Gasteiger partial charge is 0.252 e. The van der Waals surface area contributed by atoms with Crippen LogP contribution in [0.4, 0.5) is 0 Å². The number of halogens is 2. The van der Waals surface area contributed by atoms with Crippen LogP contribution in [0, 0.1) is 5.92 Å². The molecule has 1 unspecified atom stereocenters. The molecule has 17 heavy (non-hydrogen) atoms. The molecule has 1 N–H and O–H groups in total. The number of benzene rings is 1. The monoisotopic (exact) mass is 361 g/mol. The number of rotatable bonds is 4. The van der Waals surface area contributed by atoms with E-state index < -0.39 is 0 Å². The van der Waals surface area contributed by atoms with Crippen LogP contribution in [0.25, 0.3) is 0 Å². The Hall–Kier alpha value is -0.350. The first-order chi connectivity index (χ1) is 7.90. The first-order valence-electron chi connectivity index (χ1n) is 5.66. The van der Waals surface area contributed by atoms with Gasteiger partial charge in [0, 0.05) is 15.0 Å². The Morgan fingerprint density at radius 2 is 1.94 bits per heavy atom. The van der Waals surface area contributed by atoms with E-state index in [0.29, 0.717) is 11.5 Å². The van der Waals surface area contributed by atoms with E-state index in [-0.39, 0.29) is 11.9 Å². The quantitative estimate of drug-likeness (QED) is 0.846. The molecule has 1 aromatic rings. The van der Waals surface area contributed by atoms with E-state index in [1.165, 1.54) is 0 Å². The minimum absolute atomic E-state index is 0.0358. The molecule has 0 heterocycles. The Labute approximate surface area is 119 Å². The van der Waals surface area contributed by atoms with Crippen LogP contribution in [-0.4, -0.2) is 11.9 Å². The van der Waals surface area contributed by atoms with Gasteiger partial charge in [-0.2, -0.15) is 0 Å². The van der Waals surface area contributed by atoms with Crippen LogP contribution >= 0.6 is 31.9 Å². The van der Waals surface area contributed by atoms with Crippen LogP contribution in [0.2, 0.25) is 0 Å². The summed E-state index contributed by atoms with van der Waals surface area (Å²) in [5.41, 5.74) is 0.662. The summed E-state index contributed by atoms with van der Waals surface area (Å²) in [5, 5.41) is 3.01. The molecule has 0 bridgehead atoms. The maximum absolute atomic E-state index is 12.0. The van der Waals surface area contributed by atoms with Crippen LogP contribution < -0.4 is 5.32 Å². The highest BCUT2D eigenvalue weighted by molar-refractivity contribution is 9.11. The summed E-state index contributed by atoms with van der Waals surface area (Å²) < 4.78 is 1.72. The molecular formula is C13H17Br2NO. The fourth-order valence-electron chi connectivity index (χ4n) is 1.74. The molecule has 0 aliphatic heterocycles. The lowest BCUT2D eigenvalue weighted by molar-refractivity contribution is 0.0935. The summed E-state index contributed by atoms with van der Waals surface area (Å²) in [6.07, 6.45) is 0.983. The van der Waals surface area contributed by atoms with Crippen molar-refractivity contribution in [2.75, 3.05) is 0 Å². The summed E-state index contributed by atoms with van der Waals surface area (Å²) >= 11 is 6.76.